The van der Waals surface area contributed by atoms with Crippen LogP contribution < -0.4 is 15.4 Å². The molecule has 0 saturated heterocycles. The van der Waals surface area contributed by atoms with E-state index in [1.807, 2.05) is 74.8 Å². The summed E-state index contributed by atoms with van der Waals surface area (Å²) in [7, 11) is 1.83. The Balaban J connectivity index is 0.00000363. The van der Waals surface area contributed by atoms with Gasteiger partial charge in [-0.1, -0.05) is 48.5 Å². The van der Waals surface area contributed by atoms with Crippen molar-refractivity contribution in [2.24, 2.45) is 12.0 Å². The molecule has 0 saturated carbocycles. The number of rotatable bonds is 9. The summed E-state index contributed by atoms with van der Waals surface area (Å²) in [4.78, 5) is 4.68. The van der Waals surface area contributed by atoms with Crippen LogP contribution in [0.3, 0.4) is 0 Å². The number of nitrogens with zero attached hydrogens (tertiary/aromatic N) is 3. The van der Waals surface area contributed by atoms with Crippen molar-refractivity contribution in [1.82, 2.24) is 20.4 Å². The first-order valence-electron chi connectivity index (χ1n) is 10.5. The van der Waals surface area contributed by atoms with Gasteiger partial charge >= 0.3 is 0 Å². The molecule has 3 N–H and O–H groups in total. The lowest BCUT2D eigenvalue weighted by Gasteiger charge is -2.23. The molecule has 32 heavy (non-hydrogen) atoms. The molecule has 3 rings (SSSR count). The number of aryl methyl sites for hydroxylation is 1. The van der Waals surface area contributed by atoms with Gasteiger partial charge in [0.1, 0.15) is 18.0 Å². The first-order valence-corrected chi connectivity index (χ1v) is 10.5. The van der Waals surface area contributed by atoms with Crippen molar-refractivity contribution >= 4 is 29.9 Å². The first kappa shape index (κ1) is 25.7. The van der Waals surface area contributed by atoms with E-state index in [4.69, 9.17) is 4.74 Å². The summed E-state index contributed by atoms with van der Waals surface area (Å²) in [5, 5.41) is 21.4. The van der Waals surface area contributed by atoms with E-state index in [9.17, 15) is 5.11 Å². The van der Waals surface area contributed by atoms with Crippen molar-refractivity contribution in [3.05, 3.63) is 83.7 Å². The van der Waals surface area contributed by atoms with Crippen LogP contribution in [-0.4, -0.2) is 33.9 Å². The molecule has 1 heterocycles. The molecule has 0 amide bonds. The smallest absolute Gasteiger partial charge is 0.191 e. The van der Waals surface area contributed by atoms with E-state index in [0.29, 0.717) is 32.2 Å². The normalized spacial score (nSPS) is 13.1. The summed E-state index contributed by atoms with van der Waals surface area (Å²) in [5.41, 5.74) is 1.79. The Morgan fingerprint density at radius 2 is 1.84 bits per heavy atom. The maximum Gasteiger partial charge on any atom is 0.191 e. The molecule has 1 atom stereocenters. The van der Waals surface area contributed by atoms with Crippen molar-refractivity contribution in [3.63, 3.8) is 0 Å². The predicted octanol–water partition coefficient (Wildman–Crippen LogP) is 3.58. The third-order valence-electron chi connectivity index (χ3n) is 4.89. The van der Waals surface area contributed by atoms with Gasteiger partial charge in [-0.05, 0) is 25.5 Å². The van der Waals surface area contributed by atoms with Gasteiger partial charge in [0.2, 0.25) is 0 Å². The zero-order valence-corrected chi connectivity index (χ0v) is 21.1. The van der Waals surface area contributed by atoms with Crippen molar-refractivity contribution < 1.29 is 9.84 Å². The van der Waals surface area contributed by atoms with Crippen LogP contribution in [0.2, 0.25) is 0 Å². The lowest BCUT2D eigenvalue weighted by atomic mass is 10.00. The monoisotopic (exact) mass is 549 g/mol. The second-order valence-electron chi connectivity index (χ2n) is 7.61. The van der Waals surface area contributed by atoms with Crippen LogP contribution in [0.25, 0.3) is 0 Å². The highest BCUT2D eigenvalue weighted by atomic mass is 127. The molecule has 1 unspecified atom stereocenters. The van der Waals surface area contributed by atoms with E-state index < -0.39 is 5.60 Å². The van der Waals surface area contributed by atoms with Crippen molar-refractivity contribution in [1.29, 1.82) is 0 Å². The summed E-state index contributed by atoms with van der Waals surface area (Å²) in [6, 6.07) is 18.0. The summed E-state index contributed by atoms with van der Waals surface area (Å²) in [5.74, 6) is 1.44. The van der Waals surface area contributed by atoms with Gasteiger partial charge in [0.25, 0.3) is 0 Å². The number of halogens is 1. The standard InChI is InChI=1S/C24H31N5O2.HI/c1-4-25-23(27-18-24(2,30)21-15-28-29(3)16-21)26-14-20-12-8-9-13-22(20)31-17-19-10-6-5-7-11-19;/h5-13,15-16,30H,4,14,17-18H2,1-3H3,(H2,25,26,27);1H. The Bertz CT molecular complexity index is 989. The van der Waals surface area contributed by atoms with Gasteiger partial charge in [-0.15, -0.1) is 24.0 Å². The molecular weight excluding hydrogens is 517 g/mol. The third-order valence-corrected chi connectivity index (χ3v) is 4.89. The molecule has 0 spiro atoms. The summed E-state index contributed by atoms with van der Waals surface area (Å²) < 4.78 is 7.71. The SMILES string of the molecule is CCNC(=NCc1ccccc1OCc1ccccc1)NCC(C)(O)c1cnn(C)c1.I. The molecule has 0 aliphatic rings. The minimum atomic E-state index is -1.07. The molecule has 7 nitrogen and oxygen atoms in total. The second-order valence-corrected chi connectivity index (χ2v) is 7.61. The molecule has 3 aromatic rings. The van der Waals surface area contributed by atoms with E-state index in [1.54, 1.807) is 17.8 Å². The van der Waals surface area contributed by atoms with Gasteiger partial charge in [0.15, 0.2) is 5.96 Å². The Labute approximate surface area is 206 Å². The topological polar surface area (TPSA) is 83.7 Å². The average Bonchev–Trinajstić information content (AvgIpc) is 3.23. The maximum atomic E-state index is 10.8. The van der Waals surface area contributed by atoms with Crippen molar-refractivity contribution in [3.8, 4) is 5.75 Å². The minimum absolute atomic E-state index is 0. The van der Waals surface area contributed by atoms with E-state index in [-0.39, 0.29) is 24.0 Å². The number of hydrogen-bond donors (Lipinski definition) is 3. The Kier molecular flexibility index (Phi) is 9.98. The zero-order valence-electron chi connectivity index (χ0n) is 18.8. The van der Waals surface area contributed by atoms with Crippen molar-refractivity contribution in [2.45, 2.75) is 32.6 Å². The van der Waals surface area contributed by atoms with E-state index in [0.717, 1.165) is 22.4 Å². The number of aliphatic imine (C=N–C) groups is 1. The maximum absolute atomic E-state index is 10.8. The quantitative estimate of drug-likeness (QED) is 0.216. The number of aliphatic hydroxyl groups is 1. The first-order chi connectivity index (χ1) is 15.0. The highest BCUT2D eigenvalue weighted by Gasteiger charge is 2.25. The summed E-state index contributed by atoms with van der Waals surface area (Å²) >= 11 is 0. The van der Waals surface area contributed by atoms with Crippen LogP contribution in [-0.2, 0) is 25.8 Å². The molecule has 0 aliphatic carbocycles. The minimum Gasteiger partial charge on any atom is -0.489 e. The van der Waals surface area contributed by atoms with E-state index in [1.165, 1.54) is 0 Å². The molecule has 0 fully saturated rings. The van der Waals surface area contributed by atoms with Gasteiger partial charge in [-0.3, -0.25) is 4.68 Å². The highest BCUT2D eigenvalue weighted by Crippen LogP contribution is 2.21. The van der Waals surface area contributed by atoms with Gasteiger partial charge in [0.05, 0.1) is 19.3 Å². The number of benzene rings is 2. The highest BCUT2D eigenvalue weighted by molar-refractivity contribution is 14.0. The molecule has 0 radical (unpaired) electrons. The van der Waals surface area contributed by atoms with Gasteiger partial charge in [-0.2, -0.15) is 5.10 Å². The van der Waals surface area contributed by atoms with E-state index >= 15 is 0 Å². The van der Waals surface area contributed by atoms with Crippen molar-refractivity contribution in [2.75, 3.05) is 13.1 Å². The molecular formula is C24H32IN5O2. The molecule has 1 aromatic heterocycles. The van der Waals surface area contributed by atoms with E-state index in [2.05, 4.69) is 20.7 Å². The van der Waals surface area contributed by atoms with Crippen LogP contribution in [0.1, 0.15) is 30.5 Å². The number of aromatic nitrogens is 2. The lowest BCUT2D eigenvalue weighted by Crippen LogP contribution is -2.44. The predicted molar refractivity (Wildman–Crippen MR) is 138 cm³/mol. The Morgan fingerprint density at radius 1 is 1.12 bits per heavy atom. The van der Waals surface area contributed by atoms with Gasteiger partial charge in [-0.25, -0.2) is 4.99 Å². The number of hydrogen-bond acceptors (Lipinski definition) is 4. The van der Waals surface area contributed by atoms with Gasteiger partial charge in [0, 0.05) is 30.9 Å². The second kappa shape index (κ2) is 12.4. The molecule has 0 aliphatic heterocycles. The fraction of sp³-hybridized carbons (Fsp3) is 0.333. The van der Waals surface area contributed by atoms with Crippen LogP contribution in [0.5, 0.6) is 5.75 Å². The molecule has 8 heteroatoms. The number of ether oxygens (including phenoxy) is 1. The third kappa shape index (κ3) is 7.52. The number of para-hydroxylation sites is 1. The summed E-state index contributed by atoms with van der Waals surface area (Å²) in [6.07, 6.45) is 3.48. The van der Waals surface area contributed by atoms with Crippen LogP contribution >= 0.6 is 24.0 Å². The Hall–Kier alpha value is -2.59. The number of nitrogens with one attached hydrogen (secondary N) is 2. The lowest BCUT2D eigenvalue weighted by molar-refractivity contribution is 0.0616. The van der Waals surface area contributed by atoms with Crippen LogP contribution in [0.15, 0.2) is 72.0 Å². The summed E-state index contributed by atoms with van der Waals surface area (Å²) in [6.45, 7) is 5.74. The molecule has 2 aromatic carbocycles. The fourth-order valence-corrected chi connectivity index (χ4v) is 3.07. The average molecular weight is 549 g/mol. The fourth-order valence-electron chi connectivity index (χ4n) is 3.07. The Morgan fingerprint density at radius 3 is 2.53 bits per heavy atom. The molecule has 172 valence electrons. The molecule has 0 bridgehead atoms. The largest absolute Gasteiger partial charge is 0.489 e. The van der Waals surface area contributed by atoms with Crippen LogP contribution in [0.4, 0.5) is 0 Å². The van der Waals surface area contributed by atoms with Crippen LogP contribution in [0, 0.1) is 0 Å². The zero-order chi connectivity index (χ0) is 22.1. The number of guanidine groups is 1. The van der Waals surface area contributed by atoms with Gasteiger partial charge < -0.3 is 20.5 Å².